The standard InChI is InChI=1S/C22H20N4O3/c1-2-14-7-3-5-9-17(14)23-19(27)11-12-20-25-21(26-29-20)16-13-15-8-4-6-10-18(15)24-22(16)28/h3-10,13H,2,11-12H2,1H3,(H,23,27)(H,24,28). The molecule has 0 radical (unpaired) electrons. The molecule has 2 aromatic carbocycles. The number of hydrogen-bond donors (Lipinski definition) is 2. The van der Waals surface area contributed by atoms with E-state index in [9.17, 15) is 9.59 Å². The number of pyridine rings is 1. The Morgan fingerprint density at radius 1 is 1.14 bits per heavy atom. The zero-order valence-electron chi connectivity index (χ0n) is 15.9. The summed E-state index contributed by atoms with van der Waals surface area (Å²) in [6, 6.07) is 16.9. The van der Waals surface area contributed by atoms with Crippen LogP contribution in [0.4, 0.5) is 5.69 Å². The van der Waals surface area contributed by atoms with Gasteiger partial charge in [0.2, 0.25) is 17.6 Å². The van der Waals surface area contributed by atoms with Crippen LogP contribution in [-0.4, -0.2) is 21.0 Å². The second-order valence-corrected chi connectivity index (χ2v) is 6.67. The molecule has 0 aliphatic carbocycles. The molecule has 0 fully saturated rings. The van der Waals surface area contributed by atoms with E-state index in [-0.39, 0.29) is 23.7 Å². The zero-order chi connectivity index (χ0) is 20.2. The van der Waals surface area contributed by atoms with Crippen LogP contribution in [0.2, 0.25) is 0 Å². The maximum Gasteiger partial charge on any atom is 0.259 e. The molecule has 0 saturated heterocycles. The minimum absolute atomic E-state index is 0.130. The molecular formula is C22H20N4O3. The van der Waals surface area contributed by atoms with Gasteiger partial charge in [0.05, 0.1) is 5.56 Å². The van der Waals surface area contributed by atoms with Crippen molar-refractivity contribution in [2.24, 2.45) is 0 Å². The van der Waals surface area contributed by atoms with Gasteiger partial charge in [-0.15, -0.1) is 0 Å². The molecule has 7 nitrogen and oxygen atoms in total. The molecule has 0 bridgehead atoms. The van der Waals surface area contributed by atoms with Crippen molar-refractivity contribution >= 4 is 22.5 Å². The maximum atomic E-state index is 12.3. The molecule has 0 unspecified atom stereocenters. The van der Waals surface area contributed by atoms with Gasteiger partial charge in [0, 0.05) is 24.0 Å². The number of nitrogens with one attached hydrogen (secondary N) is 2. The van der Waals surface area contributed by atoms with Gasteiger partial charge < -0.3 is 14.8 Å². The van der Waals surface area contributed by atoms with Gasteiger partial charge in [0.1, 0.15) is 0 Å². The van der Waals surface area contributed by atoms with Crippen molar-refractivity contribution in [2.75, 3.05) is 5.32 Å². The number of fused-ring (bicyclic) bond motifs is 1. The second-order valence-electron chi connectivity index (χ2n) is 6.67. The number of hydrogen-bond acceptors (Lipinski definition) is 5. The van der Waals surface area contributed by atoms with E-state index in [2.05, 4.69) is 20.4 Å². The summed E-state index contributed by atoms with van der Waals surface area (Å²) in [6.07, 6.45) is 1.33. The van der Waals surface area contributed by atoms with Crippen molar-refractivity contribution in [3.8, 4) is 11.4 Å². The van der Waals surface area contributed by atoms with E-state index in [1.807, 2.05) is 55.5 Å². The van der Waals surface area contributed by atoms with Crippen LogP contribution in [0.5, 0.6) is 0 Å². The minimum atomic E-state index is -0.287. The average molecular weight is 388 g/mol. The highest BCUT2D eigenvalue weighted by molar-refractivity contribution is 5.91. The molecule has 0 aliphatic rings. The molecular weight excluding hydrogens is 368 g/mol. The van der Waals surface area contributed by atoms with Gasteiger partial charge in [0.25, 0.3) is 5.56 Å². The number of anilines is 1. The van der Waals surface area contributed by atoms with E-state index in [1.165, 1.54) is 0 Å². The summed E-state index contributed by atoms with van der Waals surface area (Å²) >= 11 is 0. The molecule has 0 aliphatic heterocycles. The molecule has 2 aromatic heterocycles. The summed E-state index contributed by atoms with van der Waals surface area (Å²) in [4.78, 5) is 31.7. The fraction of sp³-hybridized carbons (Fsp3) is 0.182. The zero-order valence-corrected chi connectivity index (χ0v) is 15.9. The summed E-state index contributed by atoms with van der Waals surface area (Å²) < 4.78 is 5.24. The van der Waals surface area contributed by atoms with E-state index in [0.717, 1.165) is 28.6 Å². The van der Waals surface area contributed by atoms with Crippen molar-refractivity contribution in [1.82, 2.24) is 15.1 Å². The van der Waals surface area contributed by atoms with Crippen LogP contribution in [0.25, 0.3) is 22.3 Å². The summed E-state index contributed by atoms with van der Waals surface area (Å²) in [6.45, 7) is 2.04. The van der Waals surface area contributed by atoms with Crippen molar-refractivity contribution in [1.29, 1.82) is 0 Å². The van der Waals surface area contributed by atoms with Crippen molar-refractivity contribution in [3.05, 3.63) is 76.4 Å². The fourth-order valence-electron chi connectivity index (χ4n) is 3.16. The maximum absolute atomic E-state index is 12.3. The Kier molecular flexibility index (Phi) is 5.20. The molecule has 2 N–H and O–H groups in total. The number of amides is 1. The fourth-order valence-corrected chi connectivity index (χ4v) is 3.16. The Morgan fingerprint density at radius 2 is 1.93 bits per heavy atom. The van der Waals surface area contributed by atoms with Gasteiger partial charge in [-0.1, -0.05) is 48.5 Å². The minimum Gasteiger partial charge on any atom is -0.339 e. The highest BCUT2D eigenvalue weighted by atomic mass is 16.5. The van der Waals surface area contributed by atoms with Crippen LogP contribution in [0, 0.1) is 0 Å². The van der Waals surface area contributed by atoms with E-state index >= 15 is 0 Å². The molecule has 0 atom stereocenters. The lowest BCUT2D eigenvalue weighted by atomic mass is 10.1. The van der Waals surface area contributed by atoms with Crippen LogP contribution in [0.1, 0.15) is 24.8 Å². The summed E-state index contributed by atoms with van der Waals surface area (Å²) in [5.74, 6) is 0.393. The SMILES string of the molecule is CCc1ccccc1NC(=O)CCc1nc(-c2cc3ccccc3[nH]c2=O)no1. The second kappa shape index (κ2) is 8.10. The Morgan fingerprint density at radius 3 is 2.79 bits per heavy atom. The third-order valence-electron chi connectivity index (χ3n) is 4.70. The Hall–Kier alpha value is -3.74. The predicted octanol–water partition coefficient (Wildman–Crippen LogP) is 3.71. The third-order valence-corrected chi connectivity index (χ3v) is 4.70. The van der Waals surface area contributed by atoms with Gasteiger partial charge in [-0.25, -0.2) is 0 Å². The first-order chi connectivity index (χ1) is 14.1. The predicted molar refractivity (Wildman–Crippen MR) is 111 cm³/mol. The lowest BCUT2D eigenvalue weighted by molar-refractivity contribution is -0.116. The van der Waals surface area contributed by atoms with E-state index in [1.54, 1.807) is 6.07 Å². The van der Waals surface area contributed by atoms with E-state index in [4.69, 9.17) is 4.52 Å². The number of aromatic amines is 1. The molecule has 4 rings (SSSR count). The number of carbonyl (C=O) groups excluding carboxylic acids is 1. The van der Waals surface area contributed by atoms with Gasteiger partial charge in [-0.2, -0.15) is 4.98 Å². The van der Waals surface area contributed by atoms with Gasteiger partial charge in [-0.3, -0.25) is 9.59 Å². The number of para-hydroxylation sites is 2. The molecule has 1 amide bonds. The Bertz CT molecular complexity index is 1230. The molecule has 7 heteroatoms. The molecule has 29 heavy (non-hydrogen) atoms. The first kappa shape index (κ1) is 18.6. The quantitative estimate of drug-likeness (QED) is 0.524. The lowest BCUT2D eigenvalue weighted by Gasteiger charge is -2.08. The Labute approximate surface area is 166 Å². The van der Waals surface area contributed by atoms with Gasteiger partial charge >= 0.3 is 0 Å². The third kappa shape index (κ3) is 4.08. The monoisotopic (exact) mass is 388 g/mol. The van der Waals surface area contributed by atoms with Gasteiger partial charge in [-0.05, 0) is 35.6 Å². The number of rotatable bonds is 6. The van der Waals surface area contributed by atoms with Crippen LogP contribution in [-0.2, 0) is 17.6 Å². The number of H-pyrrole nitrogens is 1. The smallest absolute Gasteiger partial charge is 0.259 e. The summed E-state index contributed by atoms with van der Waals surface area (Å²) in [7, 11) is 0. The largest absolute Gasteiger partial charge is 0.339 e. The first-order valence-corrected chi connectivity index (χ1v) is 9.47. The Balaban J connectivity index is 1.45. The lowest BCUT2D eigenvalue weighted by Crippen LogP contribution is -2.13. The number of aromatic nitrogens is 3. The highest BCUT2D eigenvalue weighted by Crippen LogP contribution is 2.18. The van der Waals surface area contributed by atoms with Crippen molar-refractivity contribution in [2.45, 2.75) is 26.2 Å². The molecule has 4 aromatic rings. The summed E-state index contributed by atoms with van der Waals surface area (Å²) in [5.41, 5.74) is 2.68. The number of benzene rings is 2. The van der Waals surface area contributed by atoms with Crippen LogP contribution < -0.4 is 10.9 Å². The molecule has 2 heterocycles. The highest BCUT2D eigenvalue weighted by Gasteiger charge is 2.14. The first-order valence-electron chi connectivity index (χ1n) is 9.47. The topological polar surface area (TPSA) is 101 Å². The van der Waals surface area contributed by atoms with Crippen LogP contribution in [0.15, 0.2) is 63.9 Å². The summed E-state index contributed by atoms with van der Waals surface area (Å²) in [5, 5.41) is 7.70. The normalized spacial score (nSPS) is 10.9. The van der Waals surface area contributed by atoms with E-state index < -0.39 is 0 Å². The molecule has 146 valence electrons. The van der Waals surface area contributed by atoms with Crippen LogP contribution in [0.3, 0.4) is 0 Å². The average Bonchev–Trinajstić information content (AvgIpc) is 3.21. The number of aryl methyl sites for hydroxylation is 2. The van der Waals surface area contributed by atoms with Crippen molar-refractivity contribution in [3.63, 3.8) is 0 Å². The molecule has 0 spiro atoms. The van der Waals surface area contributed by atoms with E-state index in [0.29, 0.717) is 17.9 Å². The molecule has 0 saturated carbocycles. The van der Waals surface area contributed by atoms with Crippen LogP contribution >= 0.6 is 0 Å². The number of carbonyl (C=O) groups is 1. The number of nitrogens with zero attached hydrogens (tertiary/aromatic N) is 2. The van der Waals surface area contributed by atoms with Crippen molar-refractivity contribution < 1.29 is 9.32 Å². The van der Waals surface area contributed by atoms with Gasteiger partial charge in [0.15, 0.2) is 0 Å².